The molecule has 7 heteroatoms. The van der Waals surface area contributed by atoms with Crippen LogP contribution < -0.4 is 9.62 Å². The molecular formula is C21H27FN2O3S. The van der Waals surface area contributed by atoms with Crippen molar-refractivity contribution in [1.82, 2.24) is 5.32 Å². The third kappa shape index (κ3) is 6.05. The summed E-state index contributed by atoms with van der Waals surface area (Å²) in [5, 5.41) is 2.87. The lowest BCUT2D eigenvalue weighted by Gasteiger charge is -2.30. The third-order valence-electron chi connectivity index (χ3n) is 4.58. The van der Waals surface area contributed by atoms with Gasteiger partial charge in [0, 0.05) is 6.04 Å². The Kier molecular flexibility index (Phi) is 6.82. The average Bonchev–Trinajstić information content (AvgIpc) is 2.60. The molecule has 2 aromatic rings. The second-order valence-corrected chi connectivity index (χ2v) is 9.58. The van der Waals surface area contributed by atoms with Crippen LogP contribution in [0, 0.1) is 5.82 Å². The molecule has 152 valence electrons. The molecule has 5 nitrogen and oxygen atoms in total. The van der Waals surface area contributed by atoms with Gasteiger partial charge in [-0.15, -0.1) is 0 Å². The second kappa shape index (κ2) is 8.73. The third-order valence-corrected chi connectivity index (χ3v) is 5.72. The predicted octanol–water partition coefficient (Wildman–Crippen LogP) is 3.46. The Bertz CT molecular complexity index is 897. The number of nitrogens with zero attached hydrogens (tertiary/aromatic N) is 1. The van der Waals surface area contributed by atoms with Crippen LogP contribution in [0.1, 0.15) is 32.8 Å². The van der Waals surface area contributed by atoms with E-state index in [4.69, 9.17) is 0 Å². The normalized spacial score (nSPS) is 13.0. The number of halogens is 1. The molecule has 1 unspecified atom stereocenters. The number of carbonyl (C=O) groups is 1. The minimum absolute atomic E-state index is 0.151. The van der Waals surface area contributed by atoms with Crippen molar-refractivity contribution in [2.75, 3.05) is 17.1 Å². The van der Waals surface area contributed by atoms with E-state index in [0.717, 1.165) is 22.7 Å². The van der Waals surface area contributed by atoms with Crippen molar-refractivity contribution >= 4 is 21.6 Å². The van der Waals surface area contributed by atoms with Gasteiger partial charge in [0.2, 0.25) is 15.9 Å². The van der Waals surface area contributed by atoms with E-state index in [0.29, 0.717) is 6.42 Å². The van der Waals surface area contributed by atoms with Gasteiger partial charge in [-0.05, 0) is 48.6 Å². The van der Waals surface area contributed by atoms with Gasteiger partial charge in [-0.2, -0.15) is 0 Å². The quantitative estimate of drug-likeness (QED) is 0.730. The van der Waals surface area contributed by atoms with Crippen LogP contribution >= 0.6 is 0 Å². The Balaban J connectivity index is 2.05. The number of rotatable bonds is 8. The predicted molar refractivity (Wildman–Crippen MR) is 110 cm³/mol. The monoisotopic (exact) mass is 406 g/mol. The van der Waals surface area contributed by atoms with Crippen LogP contribution in [0.15, 0.2) is 54.6 Å². The summed E-state index contributed by atoms with van der Waals surface area (Å²) in [5.74, 6) is -0.885. The molecule has 0 radical (unpaired) electrons. The van der Waals surface area contributed by atoms with Gasteiger partial charge in [-0.3, -0.25) is 9.10 Å². The van der Waals surface area contributed by atoms with Crippen LogP contribution in [0.25, 0.3) is 0 Å². The van der Waals surface area contributed by atoms with Crippen molar-refractivity contribution in [3.8, 4) is 0 Å². The summed E-state index contributed by atoms with van der Waals surface area (Å²) in [6.45, 7) is 5.74. The molecule has 0 fully saturated rings. The Labute approximate surface area is 166 Å². The molecule has 28 heavy (non-hydrogen) atoms. The first-order valence-electron chi connectivity index (χ1n) is 9.07. The van der Waals surface area contributed by atoms with E-state index < -0.39 is 21.7 Å². The van der Waals surface area contributed by atoms with Crippen LogP contribution in [0.4, 0.5) is 10.1 Å². The molecular weight excluding hydrogens is 379 g/mol. The zero-order chi connectivity index (χ0) is 20.9. The molecule has 0 saturated carbocycles. The lowest BCUT2D eigenvalue weighted by molar-refractivity contribution is -0.120. The Morgan fingerprint density at radius 3 is 2.21 bits per heavy atom. The van der Waals surface area contributed by atoms with Crippen LogP contribution in [0.5, 0.6) is 0 Å². The largest absolute Gasteiger partial charge is 0.352 e. The van der Waals surface area contributed by atoms with Gasteiger partial charge in [0.05, 0.1) is 11.9 Å². The number of sulfonamides is 1. The summed E-state index contributed by atoms with van der Waals surface area (Å²) in [7, 11) is -3.69. The van der Waals surface area contributed by atoms with Gasteiger partial charge < -0.3 is 5.32 Å². The lowest BCUT2D eigenvalue weighted by atomic mass is 9.79. The fraction of sp³-hybridized carbons (Fsp3) is 0.381. The first-order chi connectivity index (χ1) is 13.0. The summed E-state index contributed by atoms with van der Waals surface area (Å²) >= 11 is 0. The summed E-state index contributed by atoms with van der Waals surface area (Å²) < 4.78 is 38.3. The molecule has 0 spiro atoms. The minimum atomic E-state index is -3.69. The summed E-state index contributed by atoms with van der Waals surface area (Å²) in [4.78, 5) is 12.5. The van der Waals surface area contributed by atoms with Crippen molar-refractivity contribution < 1.29 is 17.6 Å². The Morgan fingerprint density at radius 2 is 1.68 bits per heavy atom. The number of benzene rings is 2. The number of anilines is 1. The summed E-state index contributed by atoms with van der Waals surface area (Å²) in [6.07, 6.45) is 1.71. The highest BCUT2D eigenvalue weighted by Crippen LogP contribution is 2.28. The zero-order valence-electron chi connectivity index (χ0n) is 16.6. The minimum Gasteiger partial charge on any atom is -0.352 e. The van der Waals surface area contributed by atoms with Crippen molar-refractivity contribution in [1.29, 1.82) is 0 Å². The maximum atomic E-state index is 13.1. The van der Waals surface area contributed by atoms with Gasteiger partial charge in [0.1, 0.15) is 12.4 Å². The molecule has 0 heterocycles. The summed E-state index contributed by atoms with van der Waals surface area (Å²) in [6, 6.07) is 14.9. The molecule has 0 bridgehead atoms. The second-order valence-electron chi connectivity index (χ2n) is 7.67. The molecule has 2 aromatic carbocycles. The zero-order valence-corrected chi connectivity index (χ0v) is 17.5. The first-order valence-corrected chi connectivity index (χ1v) is 10.9. The van der Waals surface area contributed by atoms with E-state index in [2.05, 4.69) is 31.3 Å². The first kappa shape index (κ1) is 21.9. The molecule has 0 aliphatic carbocycles. The number of carbonyl (C=O) groups excluding carboxylic acids is 1. The van der Waals surface area contributed by atoms with E-state index in [1.54, 1.807) is 0 Å². The van der Waals surface area contributed by atoms with Crippen LogP contribution in [0.3, 0.4) is 0 Å². The van der Waals surface area contributed by atoms with Crippen LogP contribution in [-0.4, -0.2) is 33.2 Å². The number of nitrogens with one attached hydrogen (secondary N) is 1. The molecule has 1 amide bonds. The molecule has 0 aliphatic heterocycles. The molecule has 1 atom stereocenters. The highest BCUT2D eigenvalue weighted by Gasteiger charge is 2.26. The SMILES string of the molecule is CC(CC(C)(C)c1ccccc1)NC(=O)CN(c1ccc(F)cc1)S(C)(=O)=O. The fourth-order valence-electron chi connectivity index (χ4n) is 3.28. The van der Waals surface area contributed by atoms with E-state index >= 15 is 0 Å². The van der Waals surface area contributed by atoms with Gasteiger partial charge >= 0.3 is 0 Å². The topological polar surface area (TPSA) is 66.5 Å². The molecule has 0 aromatic heterocycles. The van der Waals surface area contributed by atoms with Crippen molar-refractivity contribution in [2.45, 2.75) is 38.6 Å². The van der Waals surface area contributed by atoms with Gasteiger partial charge in [-0.1, -0.05) is 44.2 Å². The van der Waals surface area contributed by atoms with E-state index in [-0.39, 0.29) is 23.7 Å². The standard InChI is InChI=1S/C21H27FN2O3S/c1-16(14-21(2,3)17-8-6-5-7-9-17)23-20(25)15-24(28(4,26)27)19-12-10-18(22)11-13-19/h5-13,16H,14-15H2,1-4H3,(H,23,25). The van der Waals surface area contributed by atoms with Gasteiger partial charge in [0.15, 0.2) is 0 Å². The maximum Gasteiger partial charge on any atom is 0.240 e. The van der Waals surface area contributed by atoms with E-state index in [9.17, 15) is 17.6 Å². The van der Waals surface area contributed by atoms with Crippen LogP contribution in [0.2, 0.25) is 0 Å². The fourth-order valence-corrected chi connectivity index (χ4v) is 4.14. The number of hydrogen-bond acceptors (Lipinski definition) is 3. The molecule has 0 saturated heterocycles. The lowest BCUT2D eigenvalue weighted by Crippen LogP contribution is -2.44. The molecule has 2 rings (SSSR count). The van der Waals surface area contributed by atoms with Crippen LogP contribution in [-0.2, 0) is 20.2 Å². The Morgan fingerprint density at radius 1 is 1.11 bits per heavy atom. The molecule has 0 aliphatic rings. The smallest absolute Gasteiger partial charge is 0.240 e. The average molecular weight is 407 g/mol. The Hall–Kier alpha value is -2.41. The highest BCUT2D eigenvalue weighted by molar-refractivity contribution is 7.92. The van der Waals surface area contributed by atoms with E-state index in [1.165, 1.54) is 17.7 Å². The van der Waals surface area contributed by atoms with Crippen molar-refractivity contribution in [3.05, 3.63) is 66.0 Å². The number of amides is 1. The van der Waals surface area contributed by atoms with Gasteiger partial charge in [-0.25, -0.2) is 12.8 Å². The van der Waals surface area contributed by atoms with Crippen molar-refractivity contribution in [3.63, 3.8) is 0 Å². The molecule has 1 N–H and O–H groups in total. The van der Waals surface area contributed by atoms with Crippen molar-refractivity contribution in [2.24, 2.45) is 0 Å². The highest BCUT2D eigenvalue weighted by atomic mass is 32.2. The van der Waals surface area contributed by atoms with E-state index in [1.807, 2.05) is 25.1 Å². The number of hydrogen-bond donors (Lipinski definition) is 1. The van der Waals surface area contributed by atoms with Gasteiger partial charge in [0.25, 0.3) is 0 Å². The summed E-state index contributed by atoms with van der Waals surface area (Å²) in [5.41, 5.74) is 1.26. The maximum absolute atomic E-state index is 13.1.